The third-order valence-corrected chi connectivity index (χ3v) is 4.36. The monoisotopic (exact) mass is 395 g/mol. The van der Waals surface area contributed by atoms with Gasteiger partial charge >= 0.3 is 6.18 Å². The number of nitrogens with zero attached hydrogens (tertiary/aromatic N) is 4. The molecule has 0 atom stereocenters. The first-order chi connectivity index (χ1) is 12.4. The van der Waals surface area contributed by atoms with E-state index in [0.29, 0.717) is 17.9 Å². The highest BCUT2D eigenvalue weighted by molar-refractivity contribution is 5.85. The fourth-order valence-corrected chi connectivity index (χ4v) is 3.05. The fourth-order valence-electron chi connectivity index (χ4n) is 3.05. The van der Waals surface area contributed by atoms with Gasteiger partial charge in [-0.2, -0.15) is 18.3 Å². The molecular weight excluding hydrogens is 379 g/mol. The standard InChI is InChI=1S/C18H16F3N5.ClH/c1-26-9-7-14(25-26)16-13-6-8-22-10-15(13)23-17(24-16)11-2-4-12(5-3-11)18(19,20)21;/h2-5,7,9,22H,6,8,10H2,1H3;1H. The molecule has 0 unspecified atom stereocenters. The van der Waals surface area contributed by atoms with Gasteiger partial charge in [0.2, 0.25) is 0 Å². The van der Waals surface area contributed by atoms with Gasteiger partial charge in [-0.1, -0.05) is 12.1 Å². The van der Waals surface area contributed by atoms with E-state index in [9.17, 15) is 13.2 Å². The van der Waals surface area contributed by atoms with Crippen molar-refractivity contribution in [3.05, 3.63) is 53.3 Å². The van der Waals surface area contributed by atoms with E-state index in [1.165, 1.54) is 12.1 Å². The molecule has 2 aromatic heterocycles. The molecule has 0 amide bonds. The number of halogens is 4. The molecule has 3 aromatic rings. The summed E-state index contributed by atoms with van der Waals surface area (Å²) in [5, 5.41) is 7.70. The average molecular weight is 396 g/mol. The largest absolute Gasteiger partial charge is 0.416 e. The van der Waals surface area contributed by atoms with E-state index in [1.54, 1.807) is 4.68 Å². The molecule has 0 spiro atoms. The maximum absolute atomic E-state index is 12.8. The minimum Gasteiger partial charge on any atom is -0.311 e. The van der Waals surface area contributed by atoms with Crippen molar-refractivity contribution in [2.75, 3.05) is 6.54 Å². The van der Waals surface area contributed by atoms with Crippen LogP contribution in [-0.2, 0) is 26.2 Å². The SMILES string of the molecule is Cl.Cn1ccc(-c2nc(-c3ccc(C(F)(F)F)cc3)nc3c2CCNC3)n1. The average Bonchev–Trinajstić information content (AvgIpc) is 3.06. The lowest BCUT2D eigenvalue weighted by Crippen LogP contribution is -2.26. The smallest absolute Gasteiger partial charge is 0.311 e. The van der Waals surface area contributed by atoms with Crippen LogP contribution in [-0.4, -0.2) is 26.3 Å². The minimum absolute atomic E-state index is 0. The van der Waals surface area contributed by atoms with E-state index in [4.69, 9.17) is 0 Å². The van der Waals surface area contributed by atoms with Gasteiger partial charge in [-0.25, -0.2) is 9.97 Å². The Kier molecular flexibility index (Phi) is 5.21. The van der Waals surface area contributed by atoms with E-state index >= 15 is 0 Å². The quantitative estimate of drug-likeness (QED) is 0.720. The van der Waals surface area contributed by atoms with Crippen LogP contribution in [0.5, 0.6) is 0 Å². The van der Waals surface area contributed by atoms with Crippen LogP contribution >= 0.6 is 12.4 Å². The van der Waals surface area contributed by atoms with E-state index < -0.39 is 11.7 Å². The molecule has 27 heavy (non-hydrogen) atoms. The van der Waals surface area contributed by atoms with E-state index in [2.05, 4.69) is 20.4 Å². The van der Waals surface area contributed by atoms with Crippen molar-refractivity contribution < 1.29 is 13.2 Å². The number of aryl methyl sites for hydroxylation is 1. The van der Waals surface area contributed by atoms with Gasteiger partial charge in [0.15, 0.2) is 5.82 Å². The maximum atomic E-state index is 12.8. The first-order valence-electron chi connectivity index (χ1n) is 8.20. The molecule has 0 saturated heterocycles. The molecule has 0 radical (unpaired) electrons. The van der Waals surface area contributed by atoms with Crippen LogP contribution < -0.4 is 5.32 Å². The molecule has 0 fully saturated rings. The lowest BCUT2D eigenvalue weighted by Gasteiger charge is -2.19. The Morgan fingerprint density at radius 2 is 1.81 bits per heavy atom. The zero-order chi connectivity index (χ0) is 18.3. The predicted molar refractivity (Wildman–Crippen MR) is 97.3 cm³/mol. The fraction of sp³-hybridized carbons (Fsp3) is 0.278. The molecule has 4 rings (SSSR count). The molecule has 142 valence electrons. The Bertz CT molecular complexity index is 951. The number of hydrogen-bond acceptors (Lipinski definition) is 4. The van der Waals surface area contributed by atoms with Crippen LogP contribution in [0.25, 0.3) is 22.8 Å². The van der Waals surface area contributed by atoms with Crippen molar-refractivity contribution in [2.24, 2.45) is 7.05 Å². The molecule has 1 aromatic carbocycles. The number of fused-ring (bicyclic) bond motifs is 1. The summed E-state index contributed by atoms with van der Waals surface area (Å²) in [6.45, 7) is 1.43. The normalized spacial score (nSPS) is 13.8. The topological polar surface area (TPSA) is 55.6 Å². The summed E-state index contributed by atoms with van der Waals surface area (Å²) in [7, 11) is 1.83. The van der Waals surface area contributed by atoms with Crippen molar-refractivity contribution in [3.8, 4) is 22.8 Å². The molecule has 5 nitrogen and oxygen atoms in total. The highest BCUT2D eigenvalue weighted by Gasteiger charge is 2.30. The molecule has 1 aliphatic heterocycles. The maximum Gasteiger partial charge on any atom is 0.416 e. The Hall–Kier alpha value is -2.45. The number of benzene rings is 1. The number of alkyl halides is 3. The summed E-state index contributed by atoms with van der Waals surface area (Å²) in [6.07, 6.45) is -1.74. The van der Waals surface area contributed by atoms with Crippen molar-refractivity contribution in [2.45, 2.75) is 19.1 Å². The van der Waals surface area contributed by atoms with Crippen LogP contribution in [0, 0.1) is 0 Å². The van der Waals surface area contributed by atoms with E-state index in [1.807, 2.05) is 19.3 Å². The van der Waals surface area contributed by atoms with Crippen LogP contribution in [0.15, 0.2) is 36.5 Å². The van der Waals surface area contributed by atoms with Gasteiger partial charge < -0.3 is 5.32 Å². The highest BCUT2D eigenvalue weighted by Crippen LogP contribution is 2.32. The number of aromatic nitrogens is 4. The lowest BCUT2D eigenvalue weighted by atomic mass is 10.0. The molecule has 3 heterocycles. The molecule has 9 heteroatoms. The molecule has 0 saturated carbocycles. The van der Waals surface area contributed by atoms with Gasteiger partial charge in [0.1, 0.15) is 5.69 Å². The number of nitrogens with one attached hydrogen (secondary N) is 1. The zero-order valence-electron chi connectivity index (χ0n) is 14.4. The minimum atomic E-state index is -4.36. The third-order valence-electron chi connectivity index (χ3n) is 4.36. The summed E-state index contributed by atoms with van der Waals surface area (Å²) >= 11 is 0. The molecule has 1 N–H and O–H groups in total. The molecule has 0 aliphatic carbocycles. The van der Waals surface area contributed by atoms with Crippen molar-refractivity contribution in [1.29, 1.82) is 0 Å². The van der Waals surface area contributed by atoms with Gasteiger partial charge in [0, 0.05) is 30.9 Å². The summed E-state index contributed by atoms with van der Waals surface area (Å²) in [4.78, 5) is 9.21. The lowest BCUT2D eigenvalue weighted by molar-refractivity contribution is -0.137. The number of hydrogen-bond donors (Lipinski definition) is 1. The van der Waals surface area contributed by atoms with E-state index in [0.717, 1.165) is 47.7 Å². The van der Waals surface area contributed by atoms with Crippen molar-refractivity contribution >= 4 is 12.4 Å². The van der Waals surface area contributed by atoms with Crippen LogP contribution in [0.2, 0.25) is 0 Å². The first kappa shape index (κ1) is 19.3. The number of rotatable bonds is 2. The van der Waals surface area contributed by atoms with Crippen LogP contribution in [0.4, 0.5) is 13.2 Å². The summed E-state index contributed by atoms with van der Waals surface area (Å²) in [6, 6.07) is 6.79. The third kappa shape index (κ3) is 3.81. The van der Waals surface area contributed by atoms with Crippen molar-refractivity contribution in [1.82, 2.24) is 25.1 Å². The van der Waals surface area contributed by atoms with Gasteiger partial charge in [0.05, 0.1) is 17.0 Å². The second-order valence-electron chi connectivity index (χ2n) is 6.20. The van der Waals surface area contributed by atoms with Crippen molar-refractivity contribution in [3.63, 3.8) is 0 Å². The van der Waals surface area contributed by atoms with Gasteiger partial charge in [-0.15, -0.1) is 12.4 Å². The zero-order valence-corrected chi connectivity index (χ0v) is 15.2. The Labute approximate surface area is 160 Å². The molecule has 0 bridgehead atoms. The molecule has 1 aliphatic rings. The van der Waals surface area contributed by atoms with Gasteiger partial charge in [-0.3, -0.25) is 4.68 Å². The van der Waals surface area contributed by atoms with Crippen LogP contribution in [0.1, 0.15) is 16.8 Å². The van der Waals surface area contributed by atoms with Gasteiger partial charge in [0.25, 0.3) is 0 Å². The first-order valence-corrected chi connectivity index (χ1v) is 8.20. The Morgan fingerprint density at radius 1 is 1.07 bits per heavy atom. The van der Waals surface area contributed by atoms with Crippen LogP contribution in [0.3, 0.4) is 0 Å². The van der Waals surface area contributed by atoms with Gasteiger partial charge in [-0.05, 0) is 31.2 Å². The summed E-state index contributed by atoms with van der Waals surface area (Å²) in [5.74, 6) is 0.404. The highest BCUT2D eigenvalue weighted by atomic mass is 35.5. The Balaban J connectivity index is 0.00000210. The molecular formula is C18H17ClF3N5. The second kappa shape index (κ2) is 7.28. The second-order valence-corrected chi connectivity index (χ2v) is 6.20. The summed E-state index contributed by atoms with van der Waals surface area (Å²) in [5.41, 5.74) is 3.24. The summed E-state index contributed by atoms with van der Waals surface area (Å²) < 4.78 is 40.1. The van der Waals surface area contributed by atoms with E-state index in [-0.39, 0.29) is 12.4 Å². The Morgan fingerprint density at radius 3 is 2.44 bits per heavy atom. The predicted octanol–water partition coefficient (Wildman–Crippen LogP) is 3.63.